The highest BCUT2D eigenvalue weighted by atomic mass is 32.2. The number of aryl methyl sites for hydroxylation is 2. The molecule has 8 nitrogen and oxygen atoms in total. The van der Waals surface area contributed by atoms with Crippen LogP contribution in [0.25, 0.3) is 0 Å². The molecule has 16 aliphatic rings. The van der Waals surface area contributed by atoms with Crippen molar-refractivity contribution in [2.45, 2.75) is 367 Å². The summed E-state index contributed by atoms with van der Waals surface area (Å²) >= 11 is 1.73. The Kier molecular flexibility index (Phi) is 41.5. The molecule has 3 atom stereocenters. The Labute approximate surface area is 916 Å². The molecule has 0 N–H and O–H groups in total. The van der Waals surface area contributed by atoms with E-state index in [1.165, 1.54) is 312 Å². The van der Waals surface area contributed by atoms with E-state index < -0.39 is 0 Å². The van der Waals surface area contributed by atoms with E-state index in [1.54, 1.807) is 17.3 Å². The van der Waals surface area contributed by atoms with E-state index in [0.717, 1.165) is 127 Å². The van der Waals surface area contributed by atoms with Gasteiger partial charge in [-0.15, -0.1) is 0 Å². The molecule has 0 spiro atoms. The molecule has 16 heteroatoms. The van der Waals surface area contributed by atoms with Crippen molar-refractivity contribution < 1.29 is 38.3 Å². The van der Waals surface area contributed by atoms with Crippen LogP contribution in [0.2, 0.25) is 0 Å². The fraction of sp³-hybridized carbons (Fsp3) is 0.583. The summed E-state index contributed by atoms with van der Waals surface area (Å²) < 4.78 is 5.04. The van der Waals surface area contributed by atoms with E-state index >= 15 is 0 Å². The lowest BCUT2D eigenvalue weighted by Crippen LogP contribution is -2.48. The smallest absolute Gasteiger partial charge is 0.220 e. The molecule has 3 unspecified atom stereocenters. The first-order valence-electron chi connectivity index (χ1n) is 58.5. The molecule has 8 aliphatic carbocycles. The van der Waals surface area contributed by atoms with Crippen LogP contribution in [0.4, 0.5) is 0 Å². The quantitative estimate of drug-likeness (QED) is 0.0348. The van der Waals surface area contributed by atoms with Gasteiger partial charge >= 0.3 is 0 Å². The Morgan fingerprint density at radius 2 is 0.797 bits per heavy atom. The maximum absolute atomic E-state index is 13.7. The average Bonchev–Trinajstić information content (AvgIpc) is 0.920. The fourth-order valence-electron chi connectivity index (χ4n) is 28.8. The van der Waals surface area contributed by atoms with Gasteiger partial charge in [-0.25, -0.2) is 0 Å². The number of carbonyl (C=O) groups is 7. The minimum absolute atomic E-state index is 0.0256. The highest BCUT2D eigenvalue weighted by Crippen LogP contribution is 2.61. The van der Waals surface area contributed by atoms with Gasteiger partial charge in [0.15, 0.2) is 29.5 Å². The third kappa shape index (κ3) is 26.8. The number of fused-ring (bicyclic) bond motifs is 1. The monoisotopic (exact) mass is 2150 g/mol. The molecule has 8 aromatic rings. The standard InChI is InChI=1S/C26H37OS.C22H33OS.C20H23OS2.C18H25OS.C16H21O2S.C16H21OS.C14H17OS/c1-3-26(4-2,28-11-5-6-12-28)24(27)22-7-9-23(10-8-22)25-16-19-13-20(17-25)15-21(14-19)18-25;1-3-22(4-2,24-16-8-9-17-24)21(23)20-14-12-19(13-15-20)18-10-6-5-7-11-18;1-20(2,23-14-6-7-15-23)19(21)16-10-12-18(13-11-16)22-17-8-4-3-5-9-17;19-17(15-9-3-1-4-10-15)18(20-13-7-8-14-20)16-11-5-2-6-12-16;1-13-4-6-14(7-5-13)15(17)16(8-9-18-12-16)19-10-2-3-11-19;17-15(14-8-2-1-3-9-14)16(10-4-5-11-16)18-12-6-7-13-18;15-14-12-6-2-1-5-11(12)7-8-13(14)16-9-3-4-10-16/h7-10,19-21H,3-6,11-18H2,1-2H3;12-15,18H,3-11,16-17H2,1-2H3;3-5,8-13H,6-7,14-15H2,1-2H3;1,3-4,9-10,16,18H,2,5-8,11-14H2;4-7H,2-3,8-12H2,1H3;1-3,8-9H,4-7,10-13H2;1-2,5-6,13H,3-4,7-10H2/q7*+1. The van der Waals surface area contributed by atoms with Crippen LogP contribution in [0.1, 0.15) is 399 Å². The van der Waals surface area contributed by atoms with Crippen LogP contribution >= 0.6 is 11.8 Å². The second-order valence-corrected chi connectivity index (χ2v) is 65.6. The Morgan fingerprint density at radius 1 is 0.385 bits per heavy atom. The molecule has 148 heavy (non-hydrogen) atoms. The average molecular weight is 2150 g/mol. The van der Waals surface area contributed by atoms with Crippen molar-refractivity contribution in [3.05, 3.63) is 274 Å². The van der Waals surface area contributed by atoms with Gasteiger partial charge in [0, 0.05) is 160 Å². The SMILES string of the molecule is CC(C)(C(=O)c1ccc(Sc2ccccc2)cc1)[S+]1CCCC1.CCC(CC)(C(=O)c1ccc(C23CC4CC(CC(C4)C2)C3)cc1)[S+]1CCCC1.CCC(CC)(C(=O)c1ccc(C2CCCCC2)cc1)[S+]1CCCC1.Cc1ccc(C(=O)C2([S+]3CCCC3)CCOC2)cc1.O=C(c1ccccc1)C(C1CCCCC1)[S+]1CCCC1.O=C(c1ccccc1)C1([S+]2CCCC2)CCCC1.O=C1c2ccccc2CCC1[S+]1CCCC1. The van der Waals surface area contributed by atoms with Gasteiger partial charge in [0.2, 0.25) is 45.2 Å². The van der Waals surface area contributed by atoms with Crippen molar-refractivity contribution in [1.82, 2.24) is 0 Å². The van der Waals surface area contributed by atoms with E-state index in [2.05, 4.69) is 127 Å². The summed E-state index contributed by atoms with van der Waals surface area (Å²) in [6.07, 6.45) is 52.5. The van der Waals surface area contributed by atoms with Crippen LogP contribution in [0.15, 0.2) is 222 Å². The number of ketones is 7. The lowest BCUT2D eigenvalue weighted by molar-refractivity contribution is -0.00520. The van der Waals surface area contributed by atoms with Crippen molar-refractivity contribution in [2.24, 2.45) is 23.7 Å². The molecule has 7 saturated carbocycles. The van der Waals surface area contributed by atoms with Gasteiger partial charge in [-0.1, -0.05) is 272 Å². The van der Waals surface area contributed by atoms with Crippen molar-refractivity contribution in [1.29, 1.82) is 0 Å². The Balaban J connectivity index is 0.000000119. The first-order valence-corrected chi connectivity index (χ1v) is 70.4. The van der Waals surface area contributed by atoms with Crippen molar-refractivity contribution in [2.75, 3.05) is 93.8 Å². The number of rotatable bonds is 28. The summed E-state index contributed by atoms with van der Waals surface area (Å²) in [7, 11) is 2.15. The summed E-state index contributed by atoms with van der Waals surface area (Å²) in [5, 5.41) is 0.692. The molecular weight excluding hydrogens is 1970 g/mol. The van der Waals surface area contributed by atoms with Crippen LogP contribution in [0, 0.1) is 30.6 Å². The largest absolute Gasteiger partial charge is 0.375 e. The topological polar surface area (TPSA) is 129 Å². The molecule has 8 aromatic carbocycles. The molecule has 15 fully saturated rings. The van der Waals surface area contributed by atoms with Gasteiger partial charge in [0.1, 0.15) is 87.1 Å². The van der Waals surface area contributed by atoms with Gasteiger partial charge in [-0.3, -0.25) is 33.6 Å². The summed E-state index contributed by atoms with van der Waals surface area (Å²) in [5.41, 5.74) is 12.5. The number of Topliss-reactive ketones (excluding diaryl/α,β-unsaturated/α-hetero) is 7. The second kappa shape index (κ2) is 54.3. The predicted molar refractivity (Wildman–Crippen MR) is 643 cm³/mol. The van der Waals surface area contributed by atoms with Crippen LogP contribution in [-0.4, -0.2) is 168 Å². The molecule has 8 aliphatic heterocycles. The van der Waals surface area contributed by atoms with Gasteiger partial charge in [-0.2, -0.15) is 0 Å². The molecule has 0 aromatic heterocycles. The van der Waals surface area contributed by atoms with Gasteiger partial charge in [-0.05, 0) is 286 Å². The molecule has 0 amide bonds. The summed E-state index contributed by atoms with van der Waals surface area (Å²) in [5.74, 6) is 25.0. The number of benzene rings is 8. The Morgan fingerprint density at radius 3 is 1.30 bits per heavy atom. The first kappa shape index (κ1) is 113. The maximum Gasteiger partial charge on any atom is 0.220 e. The van der Waals surface area contributed by atoms with Gasteiger partial charge in [0.25, 0.3) is 0 Å². The third-order valence-electron chi connectivity index (χ3n) is 37.0. The summed E-state index contributed by atoms with van der Waals surface area (Å²) in [6.45, 7) is 16.7. The van der Waals surface area contributed by atoms with Crippen molar-refractivity contribution >= 4 is 129 Å². The zero-order valence-corrected chi connectivity index (χ0v) is 97.6. The minimum Gasteiger partial charge on any atom is -0.375 e. The molecular formula is C132H177O8S8+7. The van der Waals surface area contributed by atoms with Crippen LogP contribution in [0.5, 0.6) is 0 Å². The molecule has 8 saturated heterocycles. The third-order valence-corrected chi connectivity index (χ3v) is 60.3. The van der Waals surface area contributed by atoms with E-state index in [9.17, 15) is 33.6 Å². The van der Waals surface area contributed by atoms with E-state index in [-0.39, 0.29) is 67.3 Å². The summed E-state index contributed by atoms with van der Waals surface area (Å²) in [4.78, 5) is 93.8. The number of hydrogen-bond acceptors (Lipinski definition) is 9. The van der Waals surface area contributed by atoms with Crippen molar-refractivity contribution in [3.63, 3.8) is 0 Å². The Hall–Kier alpha value is -5.79. The van der Waals surface area contributed by atoms with Crippen LogP contribution in [0.3, 0.4) is 0 Å². The van der Waals surface area contributed by atoms with Crippen LogP contribution < -0.4 is 0 Å². The number of ether oxygens (including phenoxy) is 1. The lowest BCUT2D eigenvalue weighted by atomic mass is 9.48. The minimum atomic E-state index is -0.218. The number of hydrogen-bond donors (Lipinski definition) is 0. The van der Waals surface area contributed by atoms with E-state index in [4.69, 9.17) is 4.74 Å². The number of carbonyl (C=O) groups excluding carboxylic acids is 7. The van der Waals surface area contributed by atoms with Crippen molar-refractivity contribution in [3.8, 4) is 0 Å². The molecule has 0 radical (unpaired) electrons. The summed E-state index contributed by atoms with van der Waals surface area (Å²) in [6, 6.07) is 72.6. The van der Waals surface area contributed by atoms with E-state index in [0.29, 0.717) is 102 Å². The maximum atomic E-state index is 13.7. The normalized spacial score (nSPS) is 24.6. The van der Waals surface area contributed by atoms with E-state index in [1.807, 2.05) is 133 Å². The first-order chi connectivity index (χ1) is 72.1. The molecule has 24 rings (SSSR count). The Bertz CT molecular complexity index is 5500. The van der Waals surface area contributed by atoms with Gasteiger partial charge < -0.3 is 4.74 Å². The van der Waals surface area contributed by atoms with Crippen LogP contribution in [-0.2, 0) is 92.8 Å². The highest BCUT2D eigenvalue weighted by Gasteiger charge is 2.61. The fourth-order valence-corrected chi connectivity index (χ4v) is 51.2. The zero-order valence-electron chi connectivity index (χ0n) is 91.1. The van der Waals surface area contributed by atoms with Gasteiger partial charge in [0.05, 0.1) is 6.61 Å². The highest BCUT2D eigenvalue weighted by molar-refractivity contribution is 8.01. The lowest BCUT2D eigenvalue weighted by Gasteiger charge is -2.57. The predicted octanol–water partition coefficient (Wildman–Crippen LogP) is 30.6. The molecule has 4 bridgehead atoms. The zero-order chi connectivity index (χ0) is 103. The molecule has 8 heterocycles. The molecule has 794 valence electrons. The second-order valence-electron chi connectivity index (χ2n) is 46.4.